The summed E-state index contributed by atoms with van der Waals surface area (Å²) in [5, 5.41) is 4.63. The van der Waals surface area contributed by atoms with Gasteiger partial charge >= 0.3 is 0 Å². The summed E-state index contributed by atoms with van der Waals surface area (Å²) in [6, 6.07) is 16.2. The Labute approximate surface area is 191 Å². The SMILES string of the molecule is O=C(Cc1nc2ccc(Cl)cc2[nH]1)Nc1ccc2nc(N3CC4CCC3CC4)ccc2c1. The Morgan fingerprint density at radius 2 is 1.88 bits per heavy atom. The second-order valence-electron chi connectivity index (χ2n) is 8.97. The molecule has 0 unspecified atom stereocenters. The van der Waals surface area contributed by atoms with E-state index in [-0.39, 0.29) is 12.3 Å². The number of aromatic amines is 1. The minimum absolute atomic E-state index is 0.122. The molecule has 3 fully saturated rings. The molecule has 6 nitrogen and oxygen atoms in total. The summed E-state index contributed by atoms with van der Waals surface area (Å²) >= 11 is 6.02. The number of rotatable bonds is 4. The van der Waals surface area contributed by atoms with Gasteiger partial charge in [0.15, 0.2) is 0 Å². The van der Waals surface area contributed by atoms with Gasteiger partial charge in [-0.05, 0) is 80.1 Å². The number of nitrogens with one attached hydrogen (secondary N) is 2. The van der Waals surface area contributed by atoms with E-state index in [0.717, 1.165) is 45.9 Å². The Kier molecular flexibility index (Phi) is 4.76. The molecule has 1 saturated carbocycles. The van der Waals surface area contributed by atoms with Crippen LogP contribution in [-0.2, 0) is 11.2 Å². The van der Waals surface area contributed by atoms with E-state index >= 15 is 0 Å². The third-order valence-electron chi connectivity index (χ3n) is 6.79. The number of halogens is 1. The first-order valence-electron chi connectivity index (χ1n) is 11.2. The molecule has 7 heteroatoms. The Balaban J connectivity index is 1.17. The summed E-state index contributed by atoms with van der Waals surface area (Å²) < 4.78 is 0. The summed E-state index contributed by atoms with van der Waals surface area (Å²) in [4.78, 5) is 27.6. The molecule has 1 amide bonds. The first-order chi connectivity index (χ1) is 15.6. The summed E-state index contributed by atoms with van der Waals surface area (Å²) in [6.45, 7) is 1.13. The molecule has 162 valence electrons. The van der Waals surface area contributed by atoms with E-state index in [9.17, 15) is 4.79 Å². The Morgan fingerprint density at radius 1 is 1.03 bits per heavy atom. The summed E-state index contributed by atoms with van der Waals surface area (Å²) in [6.07, 6.45) is 5.46. The fourth-order valence-electron chi connectivity index (χ4n) is 5.18. The van der Waals surface area contributed by atoms with Crippen molar-refractivity contribution in [1.82, 2.24) is 15.0 Å². The number of benzene rings is 2. The summed E-state index contributed by atoms with van der Waals surface area (Å²) in [7, 11) is 0. The van der Waals surface area contributed by atoms with Crippen molar-refractivity contribution in [2.24, 2.45) is 5.92 Å². The van der Waals surface area contributed by atoms with Crippen LogP contribution >= 0.6 is 11.6 Å². The van der Waals surface area contributed by atoms with E-state index in [1.165, 1.54) is 25.7 Å². The molecule has 7 rings (SSSR count). The molecule has 0 radical (unpaired) electrons. The van der Waals surface area contributed by atoms with Gasteiger partial charge in [-0.15, -0.1) is 0 Å². The largest absolute Gasteiger partial charge is 0.353 e. The smallest absolute Gasteiger partial charge is 0.231 e. The minimum atomic E-state index is -0.122. The van der Waals surface area contributed by atoms with Gasteiger partial charge in [-0.25, -0.2) is 9.97 Å². The maximum Gasteiger partial charge on any atom is 0.231 e. The summed E-state index contributed by atoms with van der Waals surface area (Å²) in [5.74, 6) is 2.39. The standard InChI is InChI=1S/C25H24ClN5O/c26-17-4-8-21-22(12-17)29-23(28-21)13-25(32)27-18-5-9-20-16(11-18)3-10-24(30-20)31-14-15-1-6-19(31)7-2-15/h3-5,8-12,15,19H,1-2,6-7,13-14H2,(H,27,32)(H,28,29). The predicted octanol–water partition coefficient (Wildman–Crippen LogP) is 5.32. The molecule has 4 heterocycles. The first kappa shape index (κ1) is 19.6. The van der Waals surface area contributed by atoms with Crippen molar-refractivity contribution in [1.29, 1.82) is 0 Å². The highest BCUT2D eigenvalue weighted by molar-refractivity contribution is 6.31. The van der Waals surface area contributed by atoms with Crippen molar-refractivity contribution in [3.8, 4) is 0 Å². The maximum absolute atomic E-state index is 12.6. The topological polar surface area (TPSA) is 73.9 Å². The highest BCUT2D eigenvalue weighted by atomic mass is 35.5. The highest BCUT2D eigenvalue weighted by Gasteiger charge is 2.34. The van der Waals surface area contributed by atoms with Crippen LogP contribution in [0.2, 0.25) is 5.02 Å². The number of carbonyl (C=O) groups is 1. The molecule has 3 aliphatic rings. The number of fused-ring (bicyclic) bond motifs is 5. The van der Waals surface area contributed by atoms with Crippen molar-refractivity contribution >= 4 is 50.9 Å². The number of nitrogens with zero attached hydrogens (tertiary/aromatic N) is 3. The predicted molar refractivity (Wildman–Crippen MR) is 128 cm³/mol. The monoisotopic (exact) mass is 445 g/mol. The van der Waals surface area contributed by atoms with Gasteiger partial charge in [-0.2, -0.15) is 0 Å². The second-order valence-corrected chi connectivity index (χ2v) is 9.41. The number of anilines is 2. The molecule has 0 spiro atoms. The van der Waals surface area contributed by atoms with Crippen LogP contribution in [0.1, 0.15) is 31.5 Å². The summed E-state index contributed by atoms with van der Waals surface area (Å²) in [5.41, 5.74) is 3.34. The third-order valence-corrected chi connectivity index (χ3v) is 7.02. The van der Waals surface area contributed by atoms with Crippen LogP contribution in [0.15, 0.2) is 48.5 Å². The van der Waals surface area contributed by atoms with Crippen molar-refractivity contribution in [3.63, 3.8) is 0 Å². The van der Waals surface area contributed by atoms with Gasteiger partial charge in [0.05, 0.1) is 23.0 Å². The molecule has 4 aromatic rings. The quantitative estimate of drug-likeness (QED) is 0.445. The number of amides is 1. The van der Waals surface area contributed by atoms with E-state index in [0.29, 0.717) is 16.9 Å². The van der Waals surface area contributed by atoms with Crippen LogP contribution < -0.4 is 10.2 Å². The normalized spacial score (nSPS) is 20.2. The van der Waals surface area contributed by atoms with Crippen molar-refractivity contribution in [3.05, 3.63) is 59.4 Å². The number of hydrogen-bond donors (Lipinski definition) is 2. The first-order valence-corrected chi connectivity index (χ1v) is 11.6. The lowest BCUT2D eigenvalue weighted by molar-refractivity contribution is -0.115. The Bertz CT molecular complexity index is 1320. The van der Waals surface area contributed by atoms with Crippen LogP contribution in [0.25, 0.3) is 21.9 Å². The molecule has 2 saturated heterocycles. The van der Waals surface area contributed by atoms with Crippen LogP contribution in [0, 0.1) is 5.92 Å². The fourth-order valence-corrected chi connectivity index (χ4v) is 5.35. The fraction of sp³-hybridized carbons (Fsp3) is 0.320. The number of piperidine rings is 2. The Hall–Kier alpha value is -3.12. The maximum atomic E-state index is 12.6. The molecule has 1 aliphatic carbocycles. The lowest BCUT2D eigenvalue weighted by Gasteiger charge is -2.46. The number of hydrogen-bond acceptors (Lipinski definition) is 4. The van der Waals surface area contributed by atoms with Crippen LogP contribution in [0.4, 0.5) is 11.5 Å². The van der Waals surface area contributed by atoms with E-state index < -0.39 is 0 Å². The van der Waals surface area contributed by atoms with Gasteiger partial charge < -0.3 is 15.2 Å². The molecule has 2 aliphatic heterocycles. The lowest BCUT2D eigenvalue weighted by Crippen LogP contribution is -2.48. The van der Waals surface area contributed by atoms with E-state index in [1.54, 1.807) is 6.07 Å². The second kappa shape index (κ2) is 7.78. The van der Waals surface area contributed by atoms with E-state index in [4.69, 9.17) is 16.6 Å². The average Bonchev–Trinajstić information content (AvgIpc) is 3.20. The molecule has 0 atom stereocenters. The molecular weight excluding hydrogens is 422 g/mol. The zero-order valence-electron chi connectivity index (χ0n) is 17.6. The van der Waals surface area contributed by atoms with Gasteiger partial charge in [0, 0.05) is 28.7 Å². The van der Waals surface area contributed by atoms with Gasteiger partial charge in [0.25, 0.3) is 0 Å². The number of carbonyl (C=O) groups excluding carboxylic acids is 1. The van der Waals surface area contributed by atoms with Crippen molar-refractivity contribution in [2.45, 2.75) is 38.1 Å². The number of H-pyrrole nitrogens is 1. The van der Waals surface area contributed by atoms with Gasteiger partial charge in [0.2, 0.25) is 5.91 Å². The molecule has 2 aromatic heterocycles. The van der Waals surface area contributed by atoms with Gasteiger partial charge in [-0.1, -0.05) is 11.6 Å². The van der Waals surface area contributed by atoms with E-state index in [2.05, 4.69) is 32.3 Å². The highest BCUT2D eigenvalue weighted by Crippen LogP contribution is 2.37. The zero-order chi connectivity index (χ0) is 21.7. The number of aromatic nitrogens is 3. The zero-order valence-corrected chi connectivity index (χ0v) is 18.4. The lowest BCUT2D eigenvalue weighted by atomic mass is 9.80. The van der Waals surface area contributed by atoms with Gasteiger partial charge in [-0.3, -0.25) is 4.79 Å². The van der Waals surface area contributed by atoms with Crippen molar-refractivity contribution < 1.29 is 4.79 Å². The molecule has 2 N–H and O–H groups in total. The average molecular weight is 446 g/mol. The molecular formula is C25H24ClN5O. The van der Waals surface area contributed by atoms with Crippen LogP contribution in [0.3, 0.4) is 0 Å². The van der Waals surface area contributed by atoms with Crippen LogP contribution in [-0.4, -0.2) is 33.4 Å². The van der Waals surface area contributed by atoms with E-state index in [1.807, 2.05) is 30.3 Å². The third kappa shape index (κ3) is 3.69. The van der Waals surface area contributed by atoms with Crippen LogP contribution in [0.5, 0.6) is 0 Å². The number of imidazole rings is 1. The molecule has 2 bridgehead atoms. The number of pyridine rings is 1. The van der Waals surface area contributed by atoms with Crippen molar-refractivity contribution in [2.75, 3.05) is 16.8 Å². The Morgan fingerprint density at radius 3 is 2.69 bits per heavy atom. The molecule has 2 aromatic carbocycles. The van der Waals surface area contributed by atoms with Gasteiger partial charge in [0.1, 0.15) is 11.6 Å². The minimum Gasteiger partial charge on any atom is -0.353 e. The molecule has 32 heavy (non-hydrogen) atoms.